The highest BCUT2D eigenvalue weighted by Crippen LogP contribution is 2.38. The van der Waals surface area contributed by atoms with Crippen LogP contribution in [0.15, 0.2) is 42.7 Å². The molecule has 0 fully saturated rings. The number of fused-ring (bicyclic) bond motifs is 1. The maximum atomic E-state index is 12.2. The number of ether oxygens (including phenoxy) is 2. The van der Waals surface area contributed by atoms with Crippen molar-refractivity contribution in [2.24, 2.45) is 5.41 Å². The number of benzene rings is 1. The average molecular weight is 508 g/mol. The monoisotopic (exact) mass is 507 g/mol. The maximum absolute atomic E-state index is 12.2. The summed E-state index contributed by atoms with van der Waals surface area (Å²) in [7, 11) is 0. The van der Waals surface area contributed by atoms with Gasteiger partial charge in [0.15, 0.2) is 0 Å². The molecule has 9 heteroatoms. The molecule has 1 unspecified atom stereocenters. The maximum Gasteiger partial charge on any atom is 0.312 e. The van der Waals surface area contributed by atoms with Crippen LogP contribution in [0.1, 0.15) is 68.3 Å². The Bertz CT molecular complexity index is 1220. The second-order valence-corrected chi connectivity index (χ2v) is 10.2. The first-order chi connectivity index (χ1) is 17.7. The topological polar surface area (TPSA) is 103 Å². The van der Waals surface area contributed by atoms with Gasteiger partial charge in [0, 0.05) is 32.4 Å². The van der Waals surface area contributed by atoms with Gasteiger partial charge < -0.3 is 14.6 Å². The van der Waals surface area contributed by atoms with Crippen molar-refractivity contribution in [1.29, 1.82) is 0 Å². The van der Waals surface area contributed by atoms with E-state index in [4.69, 9.17) is 9.47 Å². The molecule has 37 heavy (non-hydrogen) atoms. The molecular weight excluding hydrogens is 470 g/mol. The fourth-order valence-electron chi connectivity index (χ4n) is 4.59. The molecule has 0 aliphatic carbocycles. The SMILES string of the molecule is CC[C@@H]1CN(Cc2cc(C(OCc3cn(CC)nn3)C(C)(C)C(=O)O)ccc2C)Cc2ncccc2O1. The molecule has 2 aromatic heterocycles. The van der Waals surface area contributed by atoms with Gasteiger partial charge in [-0.2, -0.15) is 0 Å². The van der Waals surface area contributed by atoms with Gasteiger partial charge in [-0.05, 0) is 62.9 Å². The Labute approximate surface area is 218 Å². The van der Waals surface area contributed by atoms with Crippen LogP contribution in [0.2, 0.25) is 0 Å². The van der Waals surface area contributed by atoms with E-state index in [0.29, 0.717) is 25.3 Å². The fourth-order valence-corrected chi connectivity index (χ4v) is 4.59. The first kappa shape index (κ1) is 26.8. The summed E-state index contributed by atoms with van der Waals surface area (Å²) in [6.45, 7) is 12.6. The van der Waals surface area contributed by atoms with Gasteiger partial charge in [0.2, 0.25) is 0 Å². The molecule has 0 saturated carbocycles. The zero-order valence-electron chi connectivity index (χ0n) is 22.3. The third-order valence-electron chi connectivity index (χ3n) is 7.02. The minimum Gasteiger partial charge on any atom is -0.487 e. The van der Waals surface area contributed by atoms with Crippen molar-refractivity contribution in [2.75, 3.05) is 6.54 Å². The third kappa shape index (κ3) is 6.17. The van der Waals surface area contributed by atoms with Gasteiger partial charge >= 0.3 is 5.97 Å². The minimum atomic E-state index is -1.15. The number of nitrogens with zero attached hydrogens (tertiary/aromatic N) is 5. The second kappa shape index (κ2) is 11.4. The molecule has 0 spiro atoms. The molecule has 0 bridgehead atoms. The molecule has 0 radical (unpaired) electrons. The highest BCUT2D eigenvalue weighted by molar-refractivity contribution is 5.74. The van der Waals surface area contributed by atoms with Crippen molar-refractivity contribution in [3.8, 4) is 5.75 Å². The van der Waals surface area contributed by atoms with Crippen LogP contribution in [-0.2, 0) is 35.8 Å². The first-order valence-corrected chi connectivity index (χ1v) is 12.9. The summed E-state index contributed by atoms with van der Waals surface area (Å²) in [5, 5.41) is 18.2. The highest BCUT2D eigenvalue weighted by atomic mass is 16.5. The summed E-state index contributed by atoms with van der Waals surface area (Å²) in [5.41, 5.74) is 3.54. The minimum absolute atomic E-state index is 0.0764. The van der Waals surface area contributed by atoms with Crippen molar-refractivity contribution < 1.29 is 19.4 Å². The summed E-state index contributed by atoms with van der Waals surface area (Å²) in [5.74, 6) is -0.0750. The molecule has 2 atom stereocenters. The summed E-state index contributed by atoms with van der Waals surface area (Å²) in [6, 6.07) is 9.98. The molecule has 9 nitrogen and oxygen atoms in total. The zero-order chi connectivity index (χ0) is 26.6. The van der Waals surface area contributed by atoms with Crippen LogP contribution in [0.25, 0.3) is 0 Å². The molecule has 0 amide bonds. The van der Waals surface area contributed by atoms with E-state index in [1.807, 2.05) is 37.4 Å². The Morgan fingerprint density at radius 3 is 2.81 bits per heavy atom. The lowest BCUT2D eigenvalue weighted by Gasteiger charge is -2.31. The van der Waals surface area contributed by atoms with E-state index in [2.05, 4.69) is 40.1 Å². The Balaban J connectivity index is 1.60. The lowest BCUT2D eigenvalue weighted by atomic mass is 9.81. The van der Waals surface area contributed by atoms with E-state index in [9.17, 15) is 9.90 Å². The number of hydrogen-bond acceptors (Lipinski definition) is 7. The number of aromatic nitrogens is 4. The summed E-state index contributed by atoms with van der Waals surface area (Å²) < 4.78 is 14.2. The van der Waals surface area contributed by atoms with E-state index in [1.54, 1.807) is 24.7 Å². The highest BCUT2D eigenvalue weighted by Gasteiger charge is 2.39. The van der Waals surface area contributed by atoms with Crippen molar-refractivity contribution >= 4 is 5.97 Å². The quantitative estimate of drug-likeness (QED) is 0.427. The normalized spacial score (nSPS) is 17.1. The second-order valence-electron chi connectivity index (χ2n) is 10.2. The van der Waals surface area contributed by atoms with Crippen molar-refractivity contribution in [1.82, 2.24) is 24.9 Å². The fraction of sp³-hybridized carbons (Fsp3) is 0.500. The van der Waals surface area contributed by atoms with E-state index < -0.39 is 17.5 Å². The van der Waals surface area contributed by atoms with Crippen molar-refractivity contribution in [2.45, 2.75) is 79.5 Å². The average Bonchev–Trinajstić information content (AvgIpc) is 3.26. The van der Waals surface area contributed by atoms with Crippen LogP contribution in [0.4, 0.5) is 0 Å². The van der Waals surface area contributed by atoms with E-state index >= 15 is 0 Å². The first-order valence-electron chi connectivity index (χ1n) is 12.9. The van der Waals surface area contributed by atoms with Gasteiger partial charge in [0.1, 0.15) is 17.5 Å². The Morgan fingerprint density at radius 1 is 1.30 bits per heavy atom. The zero-order valence-corrected chi connectivity index (χ0v) is 22.3. The summed E-state index contributed by atoms with van der Waals surface area (Å²) >= 11 is 0. The number of pyridine rings is 1. The number of rotatable bonds is 10. The van der Waals surface area contributed by atoms with Crippen LogP contribution < -0.4 is 4.74 Å². The molecule has 1 aliphatic heterocycles. The molecule has 1 aliphatic rings. The molecule has 3 aromatic rings. The molecule has 4 rings (SSSR count). The number of hydrogen-bond donors (Lipinski definition) is 1. The Morgan fingerprint density at radius 2 is 2.11 bits per heavy atom. The third-order valence-corrected chi connectivity index (χ3v) is 7.02. The number of carboxylic acids is 1. The summed E-state index contributed by atoms with van der Waals surface area (Å²) in [4.78, 5) is 19.2. The molecular formula is C28H37N5O4. The predicted octanol–water partition coefficient (Wildman–Crippen LogP) is 4.54. The number of carboxylic acid groups (broad SMARTS) is 1. The van der Waals surface area contributed by atoms with Gasteiger partial charge in [-0.1, -0.05) is 30.3 Å². The van der Waals surface area contributed by atoms with E-state index in [-0.39, 0.29) is 12.7 Å². The van der Waals surface area contributed by atoms with Crippen molar-refractivity contribution in [3.05, 3.63) is 70.8 Å². The van der Waals surface area contributed by atoms with Crippen LogP contribution in [0.5, 0.6) is 5.75 Å². The van der Waals surface area contributed by atoms with Crippen LogP contribution in [0, 0.1) is 12.3 Å². The molecule has 198 valence electrons. The standard InChI is InChI=1S/C28H37N5O4/c1-6-23-16-32(17-24-25(37-23)9-8-12-29-24)14-21-13-20(11-10-19(21)3)26(28(4,5)27(34)35)36-18-22-15-33(7-2)31-30-22/h8-13,15,23,26H,6-7,14,16-18H2,1-5H3,(H,34,35)/t23-,26?/m1/s1. The van der Waals surface area contributed by atoms with Gasteiger partial charge in [0.25, 0.3) is 0 Å². The van der Waals surface area contributed by atoms with Gasteiger partial charge in [-0.3, -0.25) is 19.4 Å². The smallest absolute Gasteiger partial charge is 0.312 e. The van der Waals surface area contributed by atoms with Crippen LogP contribution in [0.3, 0.4) is 0 Å². The van der Waals surface area contributed by atoms with Crippen molar-refractivity contribution in [3.63, 3.8) is 0 Å². The Kier molecular flexibility index (Phi) is 8.24. The number of carbonyl (C=O) groups is 1. The number of aliphatic carboxylic acids is 1. The lowest BCUT2D eigenvalue weighted by Crippen LogP contribution is -2.34. The van der Waals surface area contributed by atoms with Crippen LogP contribution >= 0.6 is 0 Å². The molecule has 3 heterocycles. The molecule has 0 saturated heterocycles. The van der Waals surface area contributed by atoms with E-state index in [1.165, 1.54) is 0 Å². The predicted molar refractivity (Wildman–Crippen MR) is 139 cm³/mol. The van der Waals surface area contributed by atoms with Gasteiger partial charge in [0.05, 0.1) is 30.0 Å². The van der Waals surface area contributed by atoms with Crippen LogP contribution in [-0.4, -0.2) is 48.6 Å². The lowest BCUT2D eigenvalue weighted by molar-refractivity contribution is -0.158. The largest absolute Gasteiger partial charge is 0.487 e. The number of aryl methyl sites for hydroxylation is 2. The Hall–Kier alpha value is -3.30. The molecule has 1 N–H and O–H groups in total. The van der Waals surface area contributed by atoms with E-state index in [0.717, 1.165) is 41.1 Å². The van der Waals surface area contributed by atoms with Gasteiger partial charge in [-0.15, -0.1) is 5.10 Å². The summed E-state index contributed by atoms with van der Waals surface area (Å²) in [6.07, 6.45) is 3.92. The molecule has 1 aromatic carbocycles. The van der Waals surface area contributed by atoms with Gasteiger partial charge in [-0.25, -0.2) is 0 Å².